The maximum atomic E-state index is 10.2. The third kappa shape index (κ3) is 4.86. The molecular weight excluding hydrogens is 242 g/mol. The molecule has 0 atom stereocenters. The minimum absolute atomic E-state index is 0.406. The summed E-state index contributed by atoms with van der Waals surface area (Å²) < 4.78 is 11.3. The topological polar surface area (TPSA) is 47.9 Å². The Hall–Kier alpha value is -1.64. The van der Waals surface area contributed by atoms with Gasteiger partial charge in [0, 0.05) is 6.07 Å². The minimum Gasteiger partial charge on any atom is -0.491 e. The summed E-state index contributed by atoms with van der Waals surface area (Å²) in [4.78, 5) is 13.7. The molecule has 4 heteroatoms. The molecule has 0 heterocycles. The molecule has 1 aliphatic rings. The molecule has 1 saturated carbocycles. The van der Waals surface area contributed by atoms with Crippen molar-refractivity contribution < 1.29 is 14.3 Å². The lowest BCUT2D eigenvalue weighted by molar-refractivity contribution is 0.0129. The van der Waals surface area contributed by atoms with E-state index in [1.165, 1.54) is 38.2 Å². The van der Waals surface area contributed by atoms with Gasteiger partial charge in [0.25, 0.3) is 0 Å². The molecule has 1 fully saturated rings. The van der Waals surface area contributed by atoms with Crippen molar-refractivity contribution in [3.63, 3.8) is 0 Å². The number of ether oxygens (including phenoxy) is 2. The van der Waals surface area contributed by atoms with Crippen LogP contribution in [0.25, 0.3) is 0 Å². The highest BCUT2D eigenvalue weighted by Crippen LogP contribution is 2.21. The van der Waals surface area contributed by atoms with Gasteiger partial charge >= 0.3 is 0 Å². The monoisotopic (exact) mass is 261 g/mol. The lowest BCUT2D eigenvalue weighted by Crippen LogP contribution is -2.19. The van der Waals surface area contributed by atoms with Gasteiger partial charge in [0.05, 0.1) is 18.4 Å². The SMILES string of the molecule is O=C=Nc1cccc(OCCOC2CCCCC2)c1. The highest BCUT2D eigenvalue weighted by Gasteiger charge is 2.13. The molecule has 0 unspecified atom stereocenters. The van der Waals surface area contributed by atoms with E-state index < -0.39 is 0 Å². The molecule has 0 spiro atoms. The van der Waals surface area contributed by atoms with Crippen LogP contribution >= 0.6 is 0 Å². The van der Waals surface area contributed by atoms with Crippen molar-refractivity contribution in [2.45, 2.75) is 38.2 Å². The Morgan fingerprint density at radius 1 is 1.21 bits per heavy atom. The molecule has 2 rings (SSSR count). The molecule has 19 heavy (non-hydrogen) atoms. The first-order valence-electron chi connectivity index (χ1n) is 6.81. The number of benzene rings is 1. The number of isocyanates is 1. The average Bonchev–Trinajstić information content (AvgIpc) is 2.46. The molecule has 0 radical (unpaired) electrons. The third-order valence-corrected chi connectivity index (χ3v) is 3.25. The number of hydrogen-bond acceptors (Lipinski definition) is 4. The smallest absolute Gasteiger partial charge is 0.240 e. The zero-order valence-electron chi connectivity index (χ0n) is 11.0. The van der Waals surface area contributed by atoms with E-state index in [0.717, 1.165) is 0 Å². The van der Waals surface area contributed by atoms with Crippen molar-refractivity contribution in [3.05, 3.63) is 24.3 Å². The highest BCUT2D eigenvalue weighted by atomic mass is 16.5. The molecule has 0 aromatic heterocycles. The fraction of sp³-hybridized carbons (Fsp3) is 0.533. The Kier molecular flexibility index (Phi) is 5.60. The molecule has 0 bridgehead atoms. The summed E-state index contributed by atoms with van der Waals surface area (Å²) in [5.41, 5.74) is 0.556. The van der Waals surface area contributed by atoms with E-state index in [-0.39, 0.29) is 0 Å². The van der Waals surface area contributed by atoms with Crippen LogP contribution in [-0.4, -0.2) is 25.4 Å². The molecule has 102 valence electrons. The van der Waals surface area contributed by atoms with E-state index in [1.54, 1.807) is 18.2 Å². The van der Waals surface area contributed by atoms with Gasteiger partial charge in [-0.25, -0.2) is 4.79 Å². The van der Waals surface area contributed by atoms with Crippen LogP contribution in [0, 0.1) is 0 Å². The standard InChI is InChI=1S/C15H19NO3/c17-12-16-13-5-4-8-15(11-13)19-10-9-18-14-6-2-1-3-7-14/h4-5,8,11,14H,1-3,6-7,9-10H2. The Balaban J connectivity index is 1.70. The third-order valence-electron chi connectivity index (χ3n) is 3.25. The minimum atomic E-state index is 0.406. The van der Waals surface area contributed by atoms with Gasteiger partial charge in [-0.15, -0.1) is 0 Å². The summed E-state index contributed by atoms with van der Waals surface area (Å²) in [7, 11) is 0. The number of aliphatic imine (C=N–C) groups is 1. The normalized spacial score (nSPS) is 15.8. The van der Waals surface area contributed by atoms with Crippen LogP contribution in [-0.2, 0) is 9.53 Å². The lowest BCUT2D eigenvalue weighted by atomic mass is 9.98. The Labute approximate surface area is 113 Å². The lowest BCUT2D eigenvalue weighted by Gasteiger charge is -2.21. The van der Waals surface area contributed by atoms with Crippen LogP contribution in [0.3, 0.4) is 0 Å². The summed E-state index contributed by atoms with van der Waals surface area (Å²) in [6, 6.07) is 7.08. The van der Waals surface area contributed by atoms with Crippen LogP contribution in [0.15, 0.2) is 29.3 Å². The van der Waals surface area contributed by atoms with Crippen LogP contribution < -0.4 is 4.74 Å². The van der Waals surface area contributed by atoms with E-state index in [9.17, 15) is 4.79 Å². The number of nitrogens with zero attached hydrogens (tertiary/aromatic N) is 1. The Morgan fingerprint density at radius 3 is 2.84 bits per heavy atom. The highest BCUT2D eigenvalue weighted by molar-refractivity contribution is 5.51. The maximum Gasteiger partial charge on any atom is 0.240 e. The van der Waals surface area contributed by atoms with Crippen LogP contribution in [0.4, 0.5) is 5.69 Å². The molecule has 4 nitrogen and oxygen atoms in total. The Morgan fingerprint density at radius 2 is 2.05 bits per heavy atom. The second-order valence-corrected chi connectivity index (χ2v) is 4.68. The summed E-state index contributed by atoms with van der Waals surface area (Å²) >= 11 is 0. The van der Waals surface area contributed by atoms with Crippen molar-refractivity contribution in [3.8, 4) is 5.75 Å². The van der Waals surface area contributed by atoms with Gasteiger partial charge in [-0.2, -0.15) is 4.99 Å². The van der Waals surface area contributed by atoms with Crippen molar-refractivity contribution in [2.75, 3.05) is 13.2 Å². The number of carbonyl (C=O) groups excluding carboxylic acids is 1. The van der Waals surface area contributed by atoms with Crippen molar-refractivity contribution in [1.29, 1.82) is 0 Å². The number of hydrogen-bond donors (Lipinski definition) is 0. The summed E-state index contributed by atoms with van der Waals surface area (Å²) in [6.45, 7) is 1.12. The zero-order valence-corrected chi connectivity index (χ0v) is 11.0. The first-order valence-corrected chi connectivity index (χ1v) is 6.81. The molecule has 1 aromatic rings. The van der Waals surface area contributed by atoms with Crippen LogP contribution in [0.1, 0.15) is 32.1 Å². The fourth-order valence-corrected chi connectivity index (χ4v) is 2.30. The summed E-state index contributed by atoms with van der Waals surface area (Å²) in [5.74, 6) is 0.698. The summed E-state index contributed by atoms with van der Waals surface area (Å²) in [5, 5.41) is 0. The van der Waals surface area contributed by atoms with Crippen molar-refractivity contribution >= 4 is 11.8 Å². The van der Waals surface area contributed by atoms with E-state index in [2.05, 4.69) is 4.99 Å². The van der Waals surface area contributed by atoms with Crippen molar-refractivity contribution in [2.24, 2.45) is 4.99 Å². The maximum absolute atomic E-state index is 10.2. The van der Waals surface area contributed by atoms with E-state index >= 15 is 0 Å². The second kappa shape index (κ2) is 7.72. The van der Waals surface area contributed by atoms with Crippen LogP contribution in [0.2, 0.25) is 0 Å². The first kappa shape index (κ1) is 13.8. The van der Waals surface area contributed by atoms with Gasteiger partial charge in [-0.3, -0.25) is 0 Å². The van der Waals surface area contributed by atoms with Crippen molar-refractivity contribution in [1.82, 2.24) is 0 Å². The molecule has 0 amide bonds. The van der Waals surface area contributed by atoms with Gasteiger partial charge < -0.3 is 9.47 Å². The zero-order chi connectivity index (χ0) is 13.3. The molecule has 1 aliphatic carbocycles. The van der Waals surface area contributed by atoms with Gasteiger partial charge in [0.2, 0.25) is 6.08 Å². The molecule has 0 aliphatic heterocycles. The predicted octanol–water partition coefficient (Wildman–Crippen LogP) is 3.38. The average molecular weight is 261 g/mol. The molecule has 1 aromatic carbocycles. The van der Waals surface area contributed by atoms with E-state index in [4.69, 9.17) is 9.47 Å². The predicted molar refractivity (Wildman–Crippen MR) is 72.5 cm³/mol. The largest absolute Gasteiger partial charge is 0.491 e. The van der Waals surface area contributed by atoms with Crippen LogP contribution in [0.5, 0.6) is 5.75 Å². The number of rotatable bonds is 6. The molecule has 0 saturated heterocycles. The molecule has 0 N–H and O–H groups in total. The van der Waals surface area contributed by atoms with E-state index in [1.807, 2.05) is 6.07 Å². The second-order valence-electron chi connectivity index (χ2n) is 4.68. The van der Waals surface area contributed by atoms with Gasteiger partial charge in [-0.1, -0.05) is 25.3 Å². The summed E-state index contributed by atoms with van der Waals surface area (Å²) in [6.07, 6.45) is 8.15. The quantitative estimate of drug-likeness (QED) is 0.448. The fourth-order valence-electron chi connectivity index (χ4n) is 2.30. The van der Waals surface area contributed by atoms with Gasteiger partial charge in [-0.05, 0) is 25.0 Å². The van der Waals surface area contributed by atoms with Gasteiger partial charge in [0.15, 0.2) is 0 Å². The first-order chi connectivity index (χ1) is 9.38. The van der Waals surface area contributed by atoms with Gasteiger partial charge in [0.1, 0.15) is 12.4 Å². The molecular formula is C15H19NO3. The van der Waals surface area contributed by atoms with E-state index in [0.29, 0.717) is 30.8 Å². The Bertz CT molecular complexity index is 435.